The smallest absolute Gasteiger partial charge is 0.255 e. The molecule has 23 heavy (non-hydrogen) atoms. The number of hydrogen-bond donors (Lipinski definition) is 4. The molecule has 3 aliphatic rings. The van der Waals surface area contributed by atoms with Crippen molar-refractivity contribution < 1.29 is 9.90 Å². The number of halogens is 2. The lowest BCUT2D eigenvalue weighted by Crippen LogP contribution is -2.59. The summed E-state index contributed by atoms with van der Waals surface area (Å²) in [5, 5.41) is 21.2. The lowest BCUT2D eigenvalue weighted by Gasteiger charge is -2.53. The van der Waals surface area contributed by atoms with Gasteiger partial charge in [0, 0.05) is 16.0 Å². The number of nitrogens with two attached hydrogens (primary N) is 1. The van der Waals surface area contributed by atoms with Gasteiger partial charge in [-0.25, -0.2) is 0 Å². The Morgan fingerprint density at radius 2 is 1.74 bits per heavy atom. The van der Waals surface area contributed by atoms with Crippen LogP contribution in [-0.2, 0) is 0 Å². The fraction of sp³-hybridized carbons (Fsp3) is 0.500. The Morgan fingerprint density at radius 3 is 2.26 bits per heavy atom. The molecule has 0 aliphatic heterocycles. The average molecular weight is 356 g/mol. The Labute approximate surface area is 144 Å². The molecule has 0 atom stereocenters. The average Bonchev–Trinajstić information content (AvgIpc) is 2.52. The van der Waals surface area contributed by atoms with Gasteiger partial charge in [-0.05, 0) is 50.7 Å². The van der Waals surface area contributed by atoms with Crippen LogP contribution in [0, 0.1) is 10.8 Å². The Balaban J connectivity index is 1.79. The van der Waals surface area contributed by atoms with E-state index in [1.807, 2.05) is 0 Å². The van der Waals surface area contributed by atoms with E-state index in [-0.39, 0.29) is 39.0 Å². The summed E-state index contributed by atoms with van der Waals surface area (Å²) in [6.45, 7) is 0. The number of rotatable bonds is 3. The summed E-state index contributed by atoms with van der Waals surface area (Å²) in [6, 6.07) is 2.82. The Hall–Kier alpha value is -1.46. The van der Waals surface area contributed by atoms with Gasteiger partial charge in [-0.3, -0.25) is 10.2 Å². The SMILES string of the molecule is N=C(N)C12CCC(NC(=O)c3cc(Cl)cc(Cl)c3O)(CC1)CC2. The predicted octanol–water partition coefficient (Wildman–Crippen LogP) is 3.46. The number of phenols is 1. The van der Waals surface area contributed by atoms with Crippen molar-refractivity contribution in [1.29, 1.82) is 5.41 Å². The van der Waals surface area contributed by atoms with Gasteiger partial charge in [0.05, 0.1) is 16.4 Å². The highest BCUT2D eigenvalue weighted by atomic mass is 35.5. The van der Waals surface area contributed by atoms with Crippen molar-refractivity contribution in [2.45, 2.75) is 44.1 Å². The van der Waals surface area contributed by atoms with E-state index in [1.165, 1.54) is 12.1 Å². The van der Waals surface area contributed by atoms with E-state index >= 15 is 0 Å². The highest BCUT2D eigenvalue weighted by Gasteiger charge is 2.50. The van der Waals surface area contributed by atoms with Crippen LogP contribution in [0.1, 0.15) is 48.9 Å². The van der Waals surface area contributed by atoms with Gasteiger partial charge in [0.1, 0.15) is 5.75 Å². The first-order chi connectivity index (χ1) is 10.8. The molecule has 5 nitrogen and oxygen atoms in total. The van der Waals surface area contributed by atoms with Gasteiger partial charge >= 0.3 is 0 Å². The highest BCUT2D eigenvalue weighted by molar-refractivity contribution is 6.36. The molecule has 1 aromatic rings. The molecule has 3 saturated carbocycles. The molecule has 1 aromatic carbocycles. The second-order valence-corrected chi connectivity index (χ2v) is 7.56. The van der Waals surface area contributed by atoms with Crippen LogP contribution in [0.2, 0.25) is 10.0 Å². The molecule has 0 saturated heterocycles. The van der Waals surface area contributed by atoms with Crippen LogP contribution in [0.15, 0.2) is 12.1 Å². The van der Waals surface area contributed by atoms with Gasteiger partial charge in [-0.2, -0.15) is 0 Å². The molecule has 0 unspecified atom stereocenters. The van der Waals surface area contributed by atoms with Crippen molar-refractivity contribution in [3.05, 3.63) is 27.7 Å². The monoisotopic (exact) mass is 355 g/mol. The van der Waals surface area contributed by atoms with Gasteiger partial charge in [0.2, 0.25) is 0 Å². The van der Waals surface area contributed by atoms with Crippen LogP contribution in [0.4, 0.5) is 0 Å². The maximum Gasteiger partial charge on any atom is 0.255 e. The second-order valence-electron chi connectivity index (χ2n) is 6.71. The fourth-order valence-corrected chi connectivity index (χ4v) is 4.32. The summed E-state index contributed by atoms with van der Waals surface area (Å²) in [7, 11) is 0. The molecule has 0 heterocycles. The number of fused-ring (bicyclic) bond motifs is 3. The van der Waals surface area contributed by atoms with Crippen LogP contribution in [0.25, 0.3) is 0 Å². The molecule has 7 heteroatoms. The minimum absolute atomic E-state index is 0.0584. The van der Waals surface area contributed by atoms with Crippen molar-refractivity contribution >= 4 is 34.9 Å². The molecule has 0 aromatic heterocycles. The van der Waals surface area contributed by atoms with Gasteiger partial charge in [-0.15, -0.1) is 0 Å². The third kappa shape index (κ3) is 2.76. The summed E-state index contributed by atoms with van der Waals surface area (Å²) in [5.74, 6) is -0.366. The molecule has 2 bridgehead atoms. The van der Waals surface area contributed by atoms with E-state index < -0.39 is 0 Å². The van der Waals surface area contributed by atoms with Crippen molar-refractivity contribution in [3.63, 3.8) is 0 Å². The van der Waals surface area contributed by atoms with Crippen molar-refractivity contribution in [2.75, 3.05) is 0 Å². The quantitative estimate of drug-likeness (QED) is 0.493. The molecule has 4 rings (SSSR count). The fourth-order valence-electron chi connectivity index (χ4n) is 3.82. The number of aromatic hydroxyl groups is 1. The van der Waals surface area contributed by atoms with Crippen molar-refractivity contribution in [2.24, 2.45) is 11.1 Å². The molecule has 0 spiro atoms. The zero-order valence-electron chi connectivity index (χ0n) is 12.6. The van der Waals surface area contributed by atoms with E-state index in [0.717, 1.165) is 38.5 Å². The number of hydrogen-bond acceptors (Lipinski definition) is 3. The molecule has 124 valence electrons. The number of amidine groups is 1. The normalized spacial score (nSPS) is 29.3. The number of phenolic OH excluding ortho intramolecular Hbond substituents is 1. The summed E-state index contributed by atoms with van der Waals surface area (Å²) in [6.07, 6.45) is 4.79. The Morgan fingerprint density at radius 1 is 1.17 bits per heavy atom. The number of carbonyl (C=O) groups excluding carboxylic acids is 1. The van der Waals surface area contributed by atoms with Gasteiger partial charge < -0.3 is 16.2 Å². The summed E-state index contributed by atoms with van der Waals surface area (Å²) >= 11 is 11.8. The van der Waals surface area contributed by atoms with Crippen LogP contribution in [0.5, 0.6) is 5.75 Å². The van der Waals surface area contributed by atoms with E-state index in [0.29, 0.717) is 5.02 Å². The molecule has 3 aliphatic carbocycles. The standard InChI is InChI=1S/C16H19Cl2N3O2/c17-9-7-10(12(22)11(18)8-9)13(23)21-16-4-1-15(2-5-16,3-6-16)14(19)20/h7-8,22H,1-6H2,(H3,19,20)(H,21,23). The van der Waals surface area contributed by atoms with Gasteiger partial charge in [0.15, 0.2) is 0 Å². The van der Waals surface area contributed by atoms with Crippen molar-refractivity contribution in [3.8, 4) is 5.75 Å². The zero-order chi connectivity index (χ0) is 16.8. The van der Waals surface area contributed by atoms with Crippen LogP contribution in [-0.4, -0.2) is 22.4 Å². The van der Waals surface area contributed by atoms with E-state index in [1.54, 1.807) is 0 Å². The van der Waals surface area contributed by atoms with Crippen LogP contribution in [0.3, 0.4) is 0 Å². The summed E-state index contributed by atoms with van der Waals surface area (Å²) in [5.41, 5.74) is 5.37. The molecular formula is C16H19Cl2N3O2. The first-order valence-corrected chi connectivity index (χ1v) is 8.38. The van der Waals surface area contributed by atoms with Crippen molar-refractivity contribution in [1.82, 2.24) is 5.32 Å². The Kier molecular flexibility index (Phi) is 3.97. The van der Waals surface area contributed by atoms with E-state index in [9.17, 15) is 9.90 Å². The first kappa shape index (κ1) is 16.4. The highest BCUT2D eigenvalue weighted by Crippen LogP contribution is 2.52. The minimum Gasteiger partial charge on any atom is -0.506 e. The van der Waals surface area contributed by atoms with Gasteiger partial charge in [-0.1, -0.05) is 23.2 Å². The predicted molar refractivity (Wildman–Crippen MR) is 90.4 cm³/mol. The number of carbonyl (C=O) groups is 1. The molecule has 3 fully saturated rings. The number of benzene rings is 1. The lowest BCUT2D eigenvalue weighted by atomic mass is 9.56. The topological polar surface area (TPSA) is 99.2 Å². The van der Waals surface area contributed by atoms with Crippen LogP contribution < -0.4 is 11.1 Å². The number of nitrogens with one attached hydrogen (secondary N) is 2. The van der Waals surface area contributed by atoms with Crippen LogP contribution >= 0.6 is 23.2 Å². The minimum atomic E-state index is -0.371. The summed E-state index contributed by atoms with van der Waals surface area (Å²) < 4.78 is 0. The molecule has 5 N–H and O–H groups in total. The maximum atomic E-state index is 12.6. The lowest BCUT2D eigenvalue weighted by molar-refractivity contribution is 0.0559. The second kappa shape index (κ2) is 5.56. The maximum absolute atomic E-state index is 12.6. The molecular weight excluding hydrogens is 337 g/mol. The molecule has 0 radical (unpaired) electrons. The molecule has 1 amide bonds. The third-order valence-electron chi connectivity index (χ3n) is 5.47. The first-order valence-electron chi connectivity index (χ1n) is 7.62. The zero-order valence-corrected chi connectivity index (χ0v) is 14.1. The summed E-state index contributed by atoms with van der Waals surface area (Å²) in [4.78, 5) is 12.6. The number of amides is 1. The van der Waals surface area contributed by atoms with E-state index in [2.05, 4.69) is 5.32 Å². The van der Waals surface area contributed by atoms with Gasteiger partial charge in [0.25, 0.3) is 5.91 Å². The Bertz CT molecular complexity index is 666. The van der Waals surface area contributed by atoms with E-state index in [4.69, 9.17) is 34.3 Å². The largest absolute Gasteiger partial charge is 0.506 e. The third-order valence-corrected chi connectivity index (χ3v) is 5.98.